The molecule has 0 fully saturated rings. The second-order valence-electron chi connectivity index (χ2n) is 8.51. The zero-order valence-electron chi connectivity index (χ0n) is 20.5. The summed E-state index contributed by atoms with van der Waals surface area (Å²) < 4.78 is 92.9. The Kier molecular flexibility index (Phi) is 8.07. The van der Waals surface area contributed by atoms with Crippen molar-refractivity contribution < 1.29 is 45.3 Å². The van der Waals surface area contributed by atoms with Gasteiger partial charge >= 0.3 is 18.5 Å². The summed E-state index contributed by atoms with van der Waals surface area (Å²) in [6, 6.07) is 13.1. The molecular weight excluding hydrogens is 532 g/mol. The molecule has 0 saturated heterocycles. The van der Waals surface area contributed by atoms with Gasteiger partial charge in [-0.1, -0.05) is 0 Å². The van der Waals surface area contributed by atoms with E-state index < -0.39 is 43.2 Å². The second kappa shape index (κ2) is 11.3. The van der Waals surface area contributed by atoms with Crippen LogP contribution in [0.15, 0.2) is 60.8 Å². The van der Waals surface area contributed by atoms with Crippen LogP contribution in [-0.2, 0) is 16.1 Å². The van der Waals surface area contributed by atoms with Gasteiger partial charge in [-0.3, -0.25) is 9.89 Å². The fourth-order valence-electron chi connectivity index (χ4n) is 3.93. The average molecular weight is 555 g/mol. The first-order valence-electron chi connectivity index (χ1n) is 11.8. The highest BCUT2D eigenvalue weighted by Crippen LogP contribution is 2.34. The summed E-state index contributed by atoms with van der Waals surface area (Å²) in [6.45, 7) is 1.87. The quantitative estimate of drug-likeness (QED) is 0.169. The van der Waals surface area contributed by atoms with Crippen molar-refractivity contribution in [1.29, 1.82) is 0 Å². The van der Waals surface area contributed by atoms with E-state index >= 15 is 0 Å². The number of nitrogens with zero attached hydrogens (tertiary/aromatic N) is 2. The Labute approximate surface area is 218 Å². The molecule has 1 atom stereocenters. The Morgan fingerprint density at radius 1 is 1.00 bits per heavy atom. The van der Waals surface area contributed by atoms with Gasteiger partial charge in [0.2, 0.25) is 0 Å². The van der Waals surface area contributed by atoms with E-state index in [1.165, 1.54) is 18.2 Å². The average Bonchev–Trinajstić information content (AvgIpc) is 3.49. The molecule has 1 unspecified atom stereocenters. The van der Waals surface area contributed by atoms with Crippen molar-refractivity contribution in [3.8, 4) is 22.8 Å². The molecule has 0 aliphatic carbocycles. The van der Waals surface area contributed by atoms with E-state index in [-0.39, 0.29) is 24.6 Å². The lowest BCUT2D eigenvalue weighted by atomic mass is 10.1. The number of rotatable bonds is 10. The number of fused-ring (bicyclic) bond motifs is 1. The Bertz CT molecular complexity index is 1410. The lowest BCUT2D eigenvalue weighted by molar-refractivity contribution is -0.274. The van der Waals surface area contributed by atoms with E-state index in [1.54, 1.807) is 42.0 Å². The monoisotopic (exact) mass is 555 g/mol. The zero-order valence-corrected chi connectivity index (χ0v) is 20.5. The van der Waals surface area contributed by atoms with Crippen LogP contribution in [0.3, 0.4) is 0 Å². The van der Waals surface area contributed by atoms with Crippen molar-refractivity contribution in [2.75, 3.05) is 6.61 Å². The zero-order chi connectivity index (χ0) is 28.2. The van der Waals surface area contributed by atoms with E-state index in [1.807, 2.05) is 0 Å². The van der Waals surface area contributed by atoms with Gasteiger partial charge in [-0.2, -0.15) is 18.3 Å². The highest BCUT2D eigenvalue weighted by Gasteiger charge is 2.32. The third-order valence-corrected chi connectivity index (χ3v) is 5.65. The minimum absolute atomic E-state index is 0.0466. The summed E-state index contributed by atoms with van der Waals surface area (Å²) in [4.78, 5) is 11.9. The number of carbonyl (C=O) groups excluding carboxylic acids is 1. The second-order valence-corrected chi connectivity index (χ2v) is 8.51. The molecule has 0 amide bonds. The smallest absolute Gasteiger partial charge is 0.484 e. The maximum absolute atomic E-state index is 13.1. The SMILES string of the molecule is CCOC(=O)Cn1ccc2ccc(OC(CCC(F)(F)F)c3cc(-c4ccc(OC(F)(F)F)cc4)n[nH]3)cc21. The summed E-state index contributed by atoms with van der Waals surface area (Å²) in [5, 5.41) is 7.57. The molecule has 4 aromatic rings. The van der Waals surface area contributed by atoms with Crippen LogP contribution < -0.4 is 9.47 Å². The lowest BCUT2D eigenvalue weighted by Crippen LogP contribution is -2.16. The van der Waals surface area contributed by atoms with Crippen LogP contribution in [0.4, 0.5) is 26.3 Å². The molecular formula is C26H23F6N3O4. The van der Waals surface area contributed by atoms with Gasteiger partial charge in [0.15, 0.2) is 0 Å². The predicted molar refractivity (Wildman–Crippen MR) is 128 cm³/mol. The molecule has 39 heavy (non-hydrogen) atoms. The van der Waals surface area contributed by atoms with Crippen LogP contribution in [0.25, 0.3) is 22.2 Å². The number of benzene rings is 2. The van der Waals surface area contributed by atoms with Crippen molar-refractivity contribution in [2.24, 2.45) is 0 Å². The first kappa shape index (κ1) is 27.9. The third-order valence-electron chi connectivity index (χ3n) is 5.65. The van der Waals surface area contributed by atoms with Gasteiger partial charge in [0.05, 0.1) is 23.5 Å². The summed E-state index contributed by atoms with van der Waals surface area (Å²) >= 11 is 0. The standard InChI is InChI=1S/C26H23F6N3O4/c1-2-37-24(36)15-35-12-10-17-5-8-19(13-22(17)35)38-23(9-11-25(27,28)29)21-14-20(33-34-21)16-3-6-18(7-4-16)39-26(30,31)32/h3-8,10,12-14,23H,2,9,11,15H2,1H3,(H,33,34). The van der Waals surface area contributed by atoms with Crippen LogP contribution in [0.1, 0.15) is 31.6 Å². The number of ether oxygens (including phenoxy) is 3. The summed E-state index contributed by atoms with van der Waals surface area (Å²) in [7, 11) is 0. The van der Waals surface area contributed by atoms with E-state index in [0.717, 1.165) is 17.5 Å². The first-order valence-corrected chi connectivity index (χ1v) is 11.8. The molecule has 208 valence electrons. The minimum Gasteiger partial charge on any atom is -0.484 e. The topological polar surface area (TPSA) is 78.4 Å². The van der Waals surface area contributed by atoms with Gasteiger partial charge in [-0.25, -0.2) is 0 Å². The number of hydrogen-bond acceptors (Lipinski definition) is 5. The van der Waals surface area contributed by atoms with Crippen LogP contribution in [-0.4, -0.2) is 39.9 Å². The minimum atomic E-state index is -4.84. The van der Waals surface area contributed by atoms with Gasteiger partial charge in [0, 0.05) is 24.2 Å². The molecule has 4 rings (SSSR count). The Morgan fingerprint density at radius 3 is 2.38 bits per heavy atom. The molecule has 2 heterocycles. The van der Waals surface area contributed by atoms with E-state index in [4.69, 9.17) is 9.47 Å². The van der Waals surface area contributed by atoms with E-state index in [9.17, 15) is 31.1 Å². The van der Waals surface area contributed by atoms with Gasteiger partial charge < -0.3 is 18.8 Å². The van der Waals surface area contributed by atoms with Crippen molar-refractivity contribution in [3.05, 3.63) is 66.5 Å². The van der Waals surface area contributed by atoms with Gasteiger partial charge in [0.1, 0.15) is 24.1 Å². The fourth-order valence-corrected chi connectivity index (χ4v) is 3.93. The molecule has 1 N–H and O–H groups in total. The Morgan fingerprint density at radius 2 is 1.72 bits per heavy atom. The highest BCUT2D eigenvalue weighted by molar-refractivity contribution is 5.83. The van der Waals surface area contributed by atoms with Gasteiger partial charge in [0.25, 0.3) is 0 Å². The normalized spacial score (nSPS) is 12.9. The summed E-state index contributed by atoms with van der Waals surface area (Å²) in [5.74, 6) is -0.591. The van der Waals surface area contributed by atoms with Crippen molar-refractivity contribution in [2.45, 2.75) is 45.0 Å². The molecule has 0 saturated carbocycles. The number of nitrogens with one attached hydrogen (secondary N) is 1. The summed E-state index contributed by atoms with van der Waals surface area (Å²) in [6.07, 6.45) is -10.2. The van der Waals surface area contributed by atoms with Crippen molar-refractivity contribution >= 4 is 16.9 Å². The van der Waals surface area contributed by atoms with Gasteiger partial charge in [-0.15, -0.1) is 13.2 Å². The predicted octanol–water partition coefficient (Wildman–Crippen LogP) is 6.96. The maximum atomic E-state index is 13.1. The number of aromatic nitrogens is 3. The molecule has 7 nitrogen and oxygen atoms in total. The molecule has 2 aromatic heterocycles. The van der Waals surface area contributed by atoms with Crippen LogP contribution in [0.2, 0.25) is 0 Å². The molecule has 0 aliphatic rings. The van der Waals surface area contributed by atoms with Crippen LogP contribution in [0.5, 0.6) is 11.5 Å². The number of hydrogen-bond donors (Lipinski definition) is 1. The first-order chi connectivity index (χ1) is 18.4. The number of H-pyrrole nitrogens is 1. The number of aromatic amines is 1. The number of esters is 1. The van der Waals surface area contributed by atoms with E-state index in [0.29, 0.717) is 16.8 Å². The molecule has 0 aliphatic heterocycles. The molecule has 0 radical (unpaired) electrons. The largest absolute Gasteiger partial charge is 0.573 e. The number of alkyl halides is 6. The fraction of sp³-hybridized carbons (Fsp3) is 0.308. The maximum Gasteiger partial charge on any atom is 0.573 e. The van der Waals surface area contributed by atoms with Crippen molar-refractivity contribution in [1.82, 2.24) is 14.8 Å². The Hall–Kier alpha value is -4.16. The lowest BCUT2D eigenvalue weighted by Gasteiger charge is -2.19. The summed E-state index contributed by atoms with van der Waals surface area (Å²) in [5.41, 5.74) is 1.58. The Balaban J connectivity index is 1.57. The van der Waals surface area contributed by atoms with E-state index in [2.05, 4.69) is 14.9 Å². The third kappa shape index (κ3) is 7.68. The molecule has 2 aromatic carbocycles. The van der Waals surface area contributed by atoms with Crippen molar-refractivity contribution in [3.63, 3.8) is 0 Å². The molecule has 0 spiro atoms. The van der Waals surface area contributed by atoms with Crippen LogP contribution in [0, 0.1) is 0 Å². The molecule has 13 heteroatoms. The van der Waals surface area contributed by atoms with Gasteiger partial charge in [-0.05, 0) is 67.3 Å². The number of carbonyl (C=O) groups is 1. The highest BCUT2D eigenvalue weighted by atomic mass is 19.4. The van der Waals surface area contributed by atoms with Crippen LogP contribution >= 0.6 is 0 Å². The molecule has 0 bridgehead atoms. The number of halogens is 6.